The first kappa shape index (κ1) is 11.2. The Kier molecular flexibility index (Phi) is 3.29. The lowest BCUT2D eigenvalue weighted by Crippen LogP contribution is -2.27. The average molecular weight is 223 g/mol. The van der Waals surface area contributed by atoms with Gasteiger partial charge in [0.1, 0.15) is 5.82 Å². The minimum atomic E-state index is -0.257. The molecule has 1 aromatic carbocycles. The normalized spacial score (nSPS) is 15.4. The van der Waals surface area contributed by atoms with Crippen molar-refractivity contribution in [3.8, 4) is 0 Å². The predicted octanol–water partition coefficient (Wildman–Crippen LogP) is 1.91. The SMILES string of the molecule is CN(CCNc1cc(F)ccc1N)C1CC1. The lowest BCUT2D eigenvalue weighted by atomic mass is 10.2. The van der Waals surface area contributed by atoms with Crippen molar-refractivity contribution in [3.05, 3.63) is 24.0 Å². The van der Waals surface area contributed by atoms with Crippen molar-refractivity contribution in [1.82, 2.24) is 4.90 Å². The van der Waals surface area contributed by atoms with Gasteiger partial charge in [-0.2, -0.15) is 0 Å². The molecule has 1 aliphatic rings. The van der Waals surface area contributed by atoms with E-state index in [9.17, 15) is 4.39 Å². The molecule has 0 spiro atoms. The summed E-state index contributed by atoms with van der Waals surface area (Å²) in [6, 6.07) is 5.15. The molecule has 0 atom stereocenters. The van der Waals surface area contributed by atoms with Gasteiger partial charge >= 0.3 is 0 Å². The van der Waals surface area contributed by atoms with E-state index in [1.165, 1.54) is 25.0 Å². The van der Waals surface area contributed by atoms with Gasteiger partial charge in [-0.15, -0.1) is 0 Å². The van der Waals surface area contributed by atoms with Crippen LogP contribution >= 0.6 is 0 Å². The summed E-state index contributed by atoms with van der Waals surface area (Å²) in [6.45, 7) is 1.75. The molecule has 1 fully saturated rings. The van der Waals surface area contributed by atoms with E-state index < -0.39 is 0 Å². The highest BCUT2D eigenvalue weighted by atomic mass is 19.1. The molecule has 0 amide bonds. The van der Waals surface area contributed by atoms with Crippen molar-refractivity contribution < 1.29 is 4.39 Å². The molecular weight excluding hydrogens is 205 g/mol. The van der Waals surface area contributed by atoms with Gasteiger partial charge in [0.15, 0.2) is 0 Å². The molecule has 0 saturated heterocycles. The van der Waals surface area contributed by atoms with Gasteiger partial charge in [0.05, 0.1) is 11.4 Å². The molecule has 1 saturated carbocycles. The molecule has 3 N–H and O–H groups in total. The van der Waals surface area contributed by atoms with Gasteiger partial charge in [0, 0.05) is 19.1 Å². The maximum Gasteiger partial charge on any atom is 0.125 e. The Labute approximate surface area is 95.4 Å². The molecule has 0 aromatic heterocycles. The molecule has 1 aliphatic carbocycles. The Morgan fingerprint density at radius 1 is 1.50 bits per heavy atom. The highest BCUT2D eigenvalue weighted by Gasteiger charge is 2.25. The van der Waals surface area contributed by atoms with Crippen LogP contribution in [0.2, 0.25) is 0 Å². The standard InChI is InChI=1S/C12H18FN3/c1-16(10-3-4-10)7-6-15-12-8-9(13)2-5-11(12)14/h2,5,8,10,15H,3-4,6-7,14H2,1H3. The molecule has 16 heavy (non-hydrogen) atoms. The van der Waals surface area contributed by atoms with Gasteiger partial charge in [0.2, 0.25) is 0 Å². The van der Waals surface area contributed by atoms with E-state index in [0.717, 1.165) is 19.1 Å². The van der Waals surface area contributed by atoms with Gasteiger partial charge < -0.3 is 16.0 Å². The third-order valence-corrected chi connectivity index (χ3v) is 2.97. The van der Waals surface area contributed by atoms with Crippen LogP contribution in [0.5, 0.6) is 0 Å². The predicted molar refractivity (Wildman–Crippen MR) is 65.0 cm³/mol. The lowest BCUT2D eigenvalue weighted by Gasteiger charge is -2.16. The zero-order valence-electron chi connectivity index (χ0n) is 9.54. The second-order valence-electron chi connectivity index (χ2n) is 4.37. The molecule has 0 aliphatic heterocycles. The highest BCUT2D eigenvalue weighted by Crippen LogP contribution is 2.25. The van der Waals surface area contributed by atoms with Crippen molar-refractivity contribution in [2.45, 2.75) is 18.9 Å². The molecule has 0 unspecified atom stereocenters. The summed E-state index contributed by atoms with van der Waals surface area (Å²) in [5.41, 5.74) is 7.01. The lowest BCUT2D eigenvalue weighted by molar-refractivity contribution is 0.337. The summed E-state index contributed by atoms with van der Waals surface area (Å²) < 4.78 is 13.0. The van der Waals surface area contributed by atoms with E-state index in [4.69, 9.17) is 5.73 Å². The molecule has 88 valence electrons. The number of likely N-dealkylation sites (N-methyl/N-ethyl adjacent to an activating group) is 1. The van der Waals surface area contributed by atoms with Crippen LogP contribution in [-0.2, 0) is 0 Å². The maximum atomic E-state index is 13.0. The van der Waals surface area contributed by atoms with Crippen LogP contribution in [0.25, 0.3) is 0 Å². The van der Waals surface area contributed by atoms with Crippen LogP contribution in [0.3, 0.4) is 0 Å². The average Bonchev–Trinajstić information content (AvgIpc) is 3.06. The van der Waals surface area contributed by atoms with Crippen molar-refractivity contribution in [1.29, 1.82) is 0 Å². The molecule has 3 nitrogen and oxygen atoms in total. The zero-order chi connectivity index (χ0) is 11.5. The first-order valence-electron chi connectivity index (χ1n) is 5.66. The zero-order valence-corrected chi connectivity index (χ0v) is 9.54. The largest absolute Gasteiger partial charge is 0.397 e. The first-order valence-corrected chi connectivity index (χ1v) is 5.66. The number of nitrogen functional groups attached to an aromatic ring is 1. The third-order valence-electron chi connectivity index (χ3n) is 2.97. The monoisotopic (exact) mass is 223 g/mol. The van der Waals surface area contributed by atoms with Gasteiger partial charge in [-0.1, -0.05) is 0 Å². The highest BCUT2D eigenvalue weighted by molar-refractivity contribution is 5.65. The fourth-order valence-electron chi connectivity index (χ4n) is 1.75. The van der Waals surface area contributed by atoms with Crippen LogP contribution in [0.4, 0.5) is 15.8 Å². The third kappa shape index (κ3) is 2.85. The van der Waals surface area contributed by atoms with Gasteiger partial charge in [-0.25, -0.2) is 4.39 Å². The first-order chi connectivity index (χ1) is 7.66. The van der Waals surface area contributed by atoms with E-state index in [2.05, 4.69) is 17.3 Å². The number of benzene rings is 1. The van der Waals surface area contributed by atoms with Crippen molar-refractivity contribution in [2.75, 3.05) is 31.2 Å². The van der Waals surface area contributed by atoms with Gasteiger partial charge in [-0.05, 0) is 38.1 Å². The number of nitrogens with one attached hydrogen (secondary N) is 1. The van der Waals surface area contributed by atoms with Crippen LogP contribution in [0.1, 0.15) is 12.8 Å². The Morgan fingerprint density at radius 2 is 2.25 bits per heavy atom. The quantitative estimate of drug-likeness (QED) is 0.749. The van der Waals surface area contributed by atoms with Crippen LogP contribution in [-0.4, -0.2) is 31.1 Å². The number of nitrogens with two attached hydrogens (primary N) is 1. The van der Waals surface area contributed by atoms with Crippen LogP contribution in [0, 0.1) is 5.82 Å². The topological polar surface area (TPSA) is 41.3 Å². The Hall–Kier alpha value is -1.29. The number of hydrogen-bond donors (Lipinski definition) is 2. The number of anilines is 2. The van der Waals surface area contributed by atoms with E-state index in [1.54, 1.807) is 6.07 Å². The van der Waals surface area contributed by atoms with Crippen molar-refractivity contribution >= 4 is 11.4 Å². The van der Waals surface area contributed by atoms with E-state index >= 15 is 0 Å². The molecule has 0 bridgehead atoms. The fourth-order valence-corrected chi connectivity index (χ4v) is 1.75. The number of rotatable bonds is 5. The Morgan fingerprint density at radius 3 is 2.94 bits per heavy atom. The molecule has 0 radical (unpaired) electrons. The second kappa shape index (κ2) is 4.70. The fraction of sp³-hybridized carbons (Fsp3) is 0.500. The minimum absolute atomic E-state index is 0.257. The smallest absolute Gasteiger partial charge is 0.125 e. The Balaban J connectivity index is 1.81. The maximum absolute atomic E-state index is 13.0. The number of halogens is 1. The summed E-state index contributed by atoms with van der Waals surface area (Å²) in [5.74, 6) is -0.257. The molecule has 2 rings (SSSR count). The van der Waals surface area contributed by atoms with Gasteiger partial charge in [-0.3, -0.25) is 0 Å². The summed E-state index contributed by atoms with van der Waals surface area (Å²) in [6.07, 6.45) is 2.61. The molecule has 0 heterocycles. The van der Waals surface area contributed by atoms with E-state index in [-0.39, 0.29) is 5.82 Å². The molecular formula is C12H18FN3. The van der Waals surface area contributed by atoms with E-state index in [0.29, 0.717) is 11.4 Å². The number of hydrogen-bond acceptors (Lipinski definition) is 3. The summed E-state index contributed by atoms with van der Waals surface area (Å²) in [5, 5.41) is 3.16. The number of nitrogens with zero attached hydrogens (tertiary/aromatic N) is 1. The minimum Gasteiger partial charge on any atom is -0.397 e. The summed E-state index contributed by atoms with van der Waals surface area (Å²) >= 11 is 0. The molecule has 1 aromatic rings. The van der Waals surface area contributed by atoms with Crippen LogP contribution < -0.4 is 11.1 Å². The Bertz CT molecular complexity index is 363. The summed E-state index contributed by atoms with van der Waals surface area (Å²) in [4.78, 5) is 2.32. The second-order valence-corrected chi connectivity index (χ2v) is 4.37. The van der Waals surface area contributed by atoms with Gasteiger partial charge in [0.25, 0.3) is 0 Å². The van der Waals surface area contributed by atoms with Crippen molar-refractivity contribution in [2.24, 2.45) is 0 Å². The molecule has 4 heteroatoms. The van der Waals surface area contributed by atoms with Crippen LogP contribution in [0.15, 0.2) is 18.2 Å². The van der Waals surface area contributed by atoms with Crippen molar-refractivity contribution in [3.63, 3.8) is 0 Å². The summed E-state index contributed by atoms with van der Waals surface area (Å²) in [7, 11) is 2.12. The van der Waals surface area contributed by atoms with E-state index in [1.807, 2.05) is 0 Å².